The van der Waals surface area contributed by atoms with Gasteiger partial charge in [0.15, 0.2) is 0 Å². The molecule has 1 aromatic rings. The lowest BCUT2D eigenvalue weighted by Gasteiger charge is -2.13. The average molecular weight is 221 g/mol. The molecule has 3 heteroatoms. The van der Waals surface area contributed by atoms with Crippen LogP contribution in [0, 0.1) is 6.92 Å². The molecular formula is C13H19NO2. The molecule has 0 saturated heterocycles. The molecule has 0 unspecified atom stereocenters. The molecule has 0 atom stereocenters. The van der Waals surface area contributed by atoms with Crippen molar-refractivity contribution < 1.29 is 9.47 Å². The first-order valence-electron chi connectivity index (χ1n) is 5.69. The summed E-state index contributed by atoms with van der Waals surface area (Å²) in [6, 6.07) is 4.80. The summed E-state index contributed by atoms with van der Waals surface area (Å²) >= 11 is 0. The lowest BCUT2D eigenvalue weighted by atomic mass is 10.1. The number of benzene rings is 1. The normalized spacial score (nSPS) is 14.9. The minimum absolute atomic E-state index is 0.706. The van der Waals surface area contributed by atoms with Crippen LogP contribution in [0.5, 0.6) is 11.5 Å². The summed E-state index contributed by atoms with van der Waals surface area (Å²) in [4.78, 5) is 0. The second kappa shape index (κ2) is 4.74. The molecule has 88 valence electrons. The molecule has 1 fully saturated rings. The molecule has 0 bridgehead atoms. The number of hydrogen-bond acceptors (Lipinski definition) is 3. The fraction of sp³-hybridized carbons (Fsp3) is 0.538. The smallest absolute Gasteiger partial charge is 0.123 e. The topological polar surface area (TPSA) is 30.5 Å². The van der Waals surface area contributed by atoms with Gasteiger partial charge in [-0.25, -0.2) is 0 Å². The lowest BCUT2D eigenvalue weighted by molar-refractivity contribution is 0.394. The third kappa shape index (κ3) is 2.47. The highest BCUT2D eigenvalue weighted by molar-refractivity contribution is 5.45. The van der Waals surface area contributed by atoms with Gasteiger partial charge in [-0.1, -0.05) is 0 Å². The monoisotopic (exact) mass is 221 g/mol. The van der Waals surface area contributed by atoms with E-state index in [2.05, 4.69) is 11.4 Å². The highest BCUT2D eigenvalue weighted by atomic mass is 16.5. The summed E-state index contributed by atoms with van der Waals surface area (Å²) < 4.78 is 10.7. The van der Waals surface area contributed by atoms with Crippen LogP contribution in [-0.4, -0.2) is 20.3 Å². The van der Waals surface area contributed by atoms with E-state index < -0.39 is 0 Å². The van der Waals surface area contributed by atoms with Crippen molar-refractivity contribution in [1.29, 1.82) is 0 Å². The van der Waals surface area contributed by atoms with Gasteiger partial charge >= 0.3 is 0 Å². The van der Waals surface area contributed by atoms with Gasteiger partial charge in [0.05, 0.1) is 14.2 Å². The fourth-order valence-corrected chi connectivity index (χ4v) is 1.79. The molecule has 1 N–H and O–H groups in total. The predicted octanol–water partition coefficient (Wildman–Crippen LogP) is 2.26. The molecule has 3 nitrogen and oxygen atoms in total. The average Bonchev–Trinajstić information content (AvgIpc) is 3.10. The number of nitrogens with one attached hydrogen (secondary N) is 1. The number of hydrogen-bond donors (Lipinski definition) is 1. The van der Waals surface area contributed by atoms with Crippen LogP contribution in [0.25, 0.3) is 0 Å². The van der Waals surface area contributed by atoms with Gasteiger partial charge < -0.3 is 14.8 Å². The SMILES string of the molecule is COc1cc(CNC2CC2)c(OC)cc1C. The zero-order chi connectivity index (χ0) is 11.5. The molecule has 0 aromatic heterocycles. The van der Waals surface area contributed by atoms with Gasteiger partial charge in [0.1, 0.15) is 11.5 Å². The fourth-order valence-electron chi connectivity index (χ4n) is 1.79. The molecule has 1 aliphatic rings. The number of methoxy groups -OCH3 is 2. The van der Waals surface area contributed by atoms with E-state index in [0.29, 0.717) is 6.04 Å². The molecule has 0 heterocycles. The zero-order valence-electron chi connectivity index (χ0n) is 10.2. The van der Waals surface area contributed by atoms with Crippen molar-refractivity contribution in [1.82, 2.24) is 5.32 Å². The Kier molecular flexibility index (Phi) is 3.34. The zero-order valence-corrected chi connectivity index (χ0v) is 10.2. The van der Waals surface area contributed by atoms with E-state index in [9.17, 15) is 0 Å². The minimum atomic E-state index is 0.706. The summed E-state index contributed by atoms with van der Waals surface area (Å²) in [6.07, 6.45) is 2.59. The van der Waals surface area contributed by atoms with E-state index in [4.69, 9.17) is 9.47 Å². The molecule has 1 aromatic carbocycles. The van der Waals surface area contributed by atoms with Crippen molar-refractivity contribution in [2.24, 2.45) is 0 Å². The van der Waals surface area contributed by atoms with Gasteiger partial charge in [-0.05, 0) is 37.5 Å². The number of aryl methyl sites for hydroxylation is 1. The highest BCUT2D eigenvalue weighted by Gasteiger charge is 2.20. The van der Waals surface area contributed by atoms with Gasteiger partial charge in [-0.15, -0.1) is 0 Å². The molecular weight excluding hydrogens is 202 g/mol. The van der Waals surface area contributed by atoms with Crippen LogP contribution in [0.1, 0.15) is 24.0 Å². The van der Waals surface area contributed by atoms with Crippen LogP contribution in [0.2, 0.25) is 0 Å². The second-order valence-corrected chi connectivity index (χ2v) is 4.29. The van der Waals surface area contributed by atoms with E-state index in [1.54, 1.807) is 14.2 Å². The van der Waals surface area contributed by atoms with Crippen LogP contribution in [0.3, 0.4) is 0 Å². The largest absolute Gasteiger partial charge is 0.496 e. The Balaban J connectivity index is 2.17. The maximum absolute atomic E-state index is 5.38. The van der Waals surface area contributed by atoms with Crippen molar-refractivity contribution in [3.8, 4) is 11.5 Å². The molecule has 0 radical (unpaired) electrons. The Labute approximate surface area is 96.8 Å². The van der Waals surface area contributed by atoms with Crippen LogP contribution >= 0.6 is 0 Å². The molecule has 0 amide bonds. The molecule has 0 spiro atoms. The molecule has 1 aliphatic carbocycles. The second-order valence-electron chi connectivity index (χ2n) is 4.29. The van der Waals surface area contributed by atoms with Crippen molar-refractivity contribution in [2.45, 2.75) is 32.4 Å². The van der Waals surface area contributed by atoms with E-state index in [1.165, 1.54) is 12.8 Å². The minimum Gasteiger partial charge on any atom is -0.496 e. The van der Waals surface area contributed by atoms with Crippen molar-refractivity contribution in [3.05, 3.63) is 23.3 Å². The van der Waals surface area contributed by atoms with Gasteiger partial charge in [0.25, 0.3) is 0 Å². The van der Waals surface area contributed by atoms with Gasteiger partial charge in [0.2, 0.25) is 0 Å². The van der Waals surface area contributed by atoms with E-state index in [-0.39, 0.29) is 0 Å². The van der Waals surface area contributed by atoms with E-state index in [0.717, 1.165) is 29.2 Å². The van der Waals surface area contributed by atoms with Gasteiger partial charge in [-0.3, -0.25) is 0 Å². The lowest BCUT2D eigenvalue weighted by Crippen LogP contribution is -2.16. The van der Waals surface area contributed by atoms with Gasteiger partial charge in [0, 0.05) is 18.2 Å². The maximum Gasteiger partial charge on any atom is 0.123 e. The Morgan fingerprint density at radius 2 is 1.88 bits per heavy atom. The molecule has 2 rings (SSSR count). The Morgan fingerprint density at radius 1 is 1.19 bits per heavy atom. The van der Waals surface area contributed by atoms with Crippen molar-refractivity contribution in [3.63, 3.8) is 0 Å². The van der Waals surface area contributed by atoms with Crippen LogP contribution in [0.4, 0.5) is 0 Å². The Bertz CT molecular complexity index is 372. The summed E-state index contributed by atoms with van der Waals surface area (Å²) in [5.41, 5.74) is 2.27. The quantitative estimate of drug-likeness (QED) is 0.827. The third-order valence-corrected chi connectivity index (χ3v) is 2.96. The molecule has 1 saturated carbocycles. The van der Waals surface area contributed by atoms with Gasteiger partial charge in [-0.2, -0.15) is 0 Å². The summed E-state index contributed by atoms with van der Waals surface area (Å²) in [6.45, 7) is 2.88. The van der Waals surface area contributed by atoms with E-state index in [1.807, 2.05) is 13.0 Å². The van der Waals surface area contributed by atoms with Crippen LogP contribution in [-0.2, 0) is 6.54 Å². The molecule has 16 heavy (non-hydrogen) atoms. The summed E-state index contributed by atoms with van der Waals surface area (Å²) in [5, 5.41) is 3.48. The number of ether oxygens (including phenoxy) is 2. The number of rotatable bonds is 5. The summed E-state index contributed by atoms with van der Waals surface area (Å²) in [5.74, 6) is 1.86. The first-order valence-corrected chi connectivity index (χ1v) is 5.69. The Hall–Kier alpha value is -1.22. The highest BCUT2D eigenvalue weighted by Crippen LogP contribution is 2.29. The van der Waals surface area contributed by atoms with Crippen LogP contribution in [0.15, 0.2) is 12.1 Å². The predicted molar refractivity (Wildman–Crippen MR) is 64.1 cm³/mol. The van der Waals surface area contributed by atoms with Crippen molar-refractivity contribution >= 4 is 0 Å². The Morgan fingerprint density at radius 3 is 2.44 bits per heavy atom. The van der Waals surface area contributed by atoms with Crippen LogP contribution < -0.4 is 14.8 Å². The maximum atomic E-state index is 5.38. The standard InChI is InChI=1S/C13H19NO2/c1-9-6-13(16-3)10(7-12(9)15-2)8-14-11-4-5-11/h6-7,11,14H,4-5,8H2,1-3H3. The van der Waals surface area contributed by atoms with E-state index >= 15 is 0 Å². The first kappa shape index (κ1) is 11.3. The first-order chi connectivity index (χ1) is 7.74. The summed E-state index contributed by atoms with van der Waals surface area (Å²) in [7, 11) is 3.41. The van der Waals surface area contributed by atoms with Crippen molar-refractivity contribution in [2.75, 3.05) is 14.2 Å². The molecule has 0 aliphatic heterocycles. The third-order valence-electron chi connectivity index (χ3n) is 2.96.